The Balaban J connectivity index is 1.15. The maximum atomic E-state index is 2.71. The van der Waals surface area contributed by atoms with Gasteiger partial charge in [-0.05, 0) is 186 Å². The van der Waals surface area contributed by atoms with Crippen LogP contribution in [0.2, 0.25) is 0 Å². The average Bonchev–Trinajstić information content (AvgIpc) is 3.52. The van der Waals surface area contributed by atoms with Gasteiger partial charge in [-0.25, -0.2) is 0 Å². The molecule has 0 bridgehead atoms. The molecule has 9 aromatic rings. The molecule has 3 heteroatoms. The zero-order valence-corrected chi connectivity index (χ0v) is 49.8. The summed E-state index contributed by atoms with van der Waals surface area (Å²) in [5, 5.41) is 0. The van der Waals surface area contributed by atoms with E-state index in [2.05, 4.69) is 294 Å². The Morgan fingerprint density at radius 2 is 0.825 bits per heavy atom. The first-order valence-corrected chi connectivity index (χ1v) is 29.7. The number of nitrogens with zero attached hydrogens (tertiary/aromatic N) is 2. The van der Waals surface area contributed by atoms with E-state index >= 15 is 0 Å². The fourth-order valence-electron chi connectivity index (χ4n) is 14.8. The second-order valence-electron chi connectivity index (χ2n) is 27.9. The molecule has 400 valence electrons. The van der Waals surface area contributed by atoms with Crippen LogP contribution < -0.4 is 26.2 Å². The van der Waals surface area contributed by atoms with Gasteiger partial charge in [-0.1, -0.05) is 229 Å². The van der Waals surface area contributed by atoms with Gasteiger partial charge in [0, 0.05) is 44.8 Å². The Morgan fingerprint density at radius 1 is 0.350 bits per heavy atom. The highest BCUT2D eigenvalue weighted by Gasteiger charge is 2.48. The molecule has 0 amide bonds. The molecule has 80 heavy (non-hydrogen) atoms. The Kier molecular flexibility index (Phi) is 11.9. The van der Waals surface area contributed by atoms with Crippen molar-refractivity contribution in [3.05, 3.63) is 244 Å². The summed E-state index contributed by atoms with van der Waals surface area (Å²) < 4.78 is 0. The summed E-state index contributed by atoms with van der Waals surface area (Å²) in [5.41, 5.74) is 28.5. The third kappa shape index (κ3) is 8.18. The molecular weight excluding hydrogens is 964 g/mol. The lowest BCUT2D eigenvalue weighted by Crippen LogP contribution is -2.62. The minimum atomic E-state index is -0.281. The molecule has 0 atom stereocenters. The highest BCUT2D eigenvalue weighted by atomic mass is 15.2. The molecule has 0 aromatic heterocycles. The van der Waals surface area contributed by atoms with Gasteiger partial charge in [0.15, 0.2) is 0 Å². The summed E-state index contributed by atoms with van der Waals surface area (Å²) in [7, 11) is 0. The van der Waals surface area contributed by atoms with Gasteiger partial charge in [0.2, 0.25) is 0 Å². The zero-order valence-electron chi connectivity index (χ0n) is 49.8. The maximum Gasteiger partial charge on any atom is 0.252 e. The van der Waals surface area contributed by atoms with Crippen LogP contribution in [-0.2, 0) is 32.5 Å². The molecule has 0 fully saturated rings. The van der Waals surface area contributed by atoms with Crippen molar-refractivity contribution >= 4 is 57.2 Å². The predicted octanol–water partition coefficient (Wildman–Crippen LogP) is 18.8. The predicted molar refractivity (Wildman–Crippen MR) is 344 cm³/mol. The normalized spacial score (nSPS) is 17.2. The van der Waals surface area contributed by atoms with Crippen LogP contribution in [0.5, 0.6) is 0 Å². The van der Waals surface area contributed by atoms with Gasteiger partial charge < -0.3 is 9.80 Å². The first kappa shape index (κ1) is 52.0. The number of fused-ring (bicyclic) bond motifs is 6. The maximum absolute atomic E-state index is 2.71. The van der Waals surface area contributed by atoms with Crippen LogP contribution in [-0.4, -0.2) is 6.71 Å². The topological polar surface area (TPSA) is 6.48 Å². The van der Waals surface area contributed by atoms with E-state index in [1.165, 1.54) is 129 Å². The largest absolute Gasteiger partial charge is 0.311 e. The molecule has 2 aliphatic carbocycles. The molecule has 2 heterocycles. The van der Waals surface area contributed by atoms with E-state index in [9.17, 15) is 0 Å². The molecule has 0 unspecified atom stereocenters. The van der Waals surface area contributed by atoms with Gasteiger partial charge in [0.05, 0.1) is 5.69 Å². The molecule has 0 saturated heterocycles. The monoisotopic (exact) mass is 1040 g/mol. The third-order valence-corrected chi connectivity index (χ3v) is 20.3. The lowest BCUT2D eigenvalue weighted by atomic mass is 9.33. The molecule has 0 saturated carbocycles. The fraction of sp³-hybridized carbons (Fsp3) is 0.299. The Labute approximate surface area is 479 Å². The van der Waals surface area contributed by atoms with Crippen molar-refractivity contribution in [2.45, 2.75) is 148 Å². The molecule has 0 N–H and O–H groups in total. The van der Waals surface area contributed by atoms with Gasteiger partial charge in [-0.3, -0.25) is 0 Å². The highest BCUT2D eigenvalue weighted by molar-refractivity contribution is 7.00. The Morgan fingerprint density at radius 3 is 1.43 bits per heavy atom. The summed E-state index contributed by atoms with van der Waals surface area (Å²) in [4.78, 5) is 5.41. The number of aryl methyl sites for hydroxylation is 1. The molecule has 2 nitrogen and oxygen atoms in total. The average molecular weight is 1040 g/mol. The summed E-state index contributed by atoms with van der Waals surface area (Å²) >= 11 is 0. The van der Waals surface area contributed by atoms with Crippen LogP contribution in [0, 0.1) is 6.92 Å². The van der Waals surface area contributed by atoms with E-state index in [1.54, 1.807) is 0 Å². The third-order valence-electron chi connectivity index (χ3n) is 20.3. The standard InChI is InChI=1S/C77H79BN2/c1-50-43-69-71-70(44-50)80(66-38-34-54(76(10,11)52-27-19-15-20-28-52)45-59(66)58-32-24-23-31-57(58)51-25-17-14-18-26-51)67-46-55(77(12,13)53-29-21-16-22-30-53)33-37-64(67)78(71)65-48-62-63(75(8,9)42-41-74(62,6)7)49-68(65)79(69)56-35-36-60-61(47-56)73(4,5)40-39-72(60,2)3/h14-38,43-49H,39-42H2,1-13H3. The minimum Gasteiger partial charge on any atom is -0.311 e. The molecule has 4 aliphatic rings. The van der Waals surface area contributed by atoms with Gasteiger partial charge in [0.1, 0.15) is 0 Å². The van der Waals surface area contributed by atoms with Crippen molar-refractivity contribution in [1.82, 2.24) is 0 Å². The van der Waals surface area contributed by atoms with Crippen LogP contribution in [0.3, 0.4) is 0 Å². The molecule has 9 aromatic carbocycles. The first-order chi connectivity index (χ1) is 38.1. The smallest absolute Gasteiger partial charge is 0.252 e. The van der Waals surface area contributed by atoms with Crippen molar-refractivity contribution in [3.8, 4) is 22.3 Å². The first-order valence-electron chi connectivity index (χ1n) is 29.7. The van der Waals surface area contributed by atoms with Crippen molar-refractivity contribution in [2.24, 2.45) is 0 Å². The molecule has 0 radical (unpaired) electrons. The Hall–Kier alpha value is -7.36. The fourth-order valence-corrected chi connectivity index (χ4v) is 14.8. The van der Waals surface area contributed by atoms with E-state index in [0.29, 0.717) is 0 Å². The van der Waals surface area contributed by atoms with Crippen LogP contribution in [0.15, 0.2) is 194 Å². The van der Waals surface area contributed by atoms with Crippen LogP contribution in [0.1, 0.15) is 159 Å². The van der Waals surface area contributed by atoms with E-state index in [4.69, 9.17) is 0 Å². The second kappa shape index (κ2) is 18.3. The summed E-state index contributed by atoms with van der Waals surface area (Å²) in [6.07, 6.45) is 4.66. The van der Waals surface area contributed by atoms with Crippen LogP contribution in [0.25, 0.3) is 22.3 Å². The van der Waals surface area contributed by atoms with Crippen molar-refractivity contribution < 1.29 is 0 Å². The van der Waals surface area contributed by atoms with Crippen LogP contribution in [0.4, 0.5) is 34.1 Å². The van der Waals surface area contributed by atoms with Gasteiger partial charge in [-0.15, -0.1) is 0 Å². The van der Waals surface area contributed by atoms with E-state index in [0.717, 1.165) is 19.3 Å². The van der Waals surface area contributed by atoms with E-state index in [1.807, 2.05) is 0 Å². The number of benzene rings is 9. The summed E-state index contributed by atoms with van der Waals surface area (Å²) in [5.74, 6) is 0. The van der Waals surface area contributed by atoms with Crippen molar-refractivity contribution in [3.63, 3.8) is 0 Å². The number of hydrogen-bond acceptors (Lipinski definition) is 2. The SMILES string of the molecule is Cc1cc2c3c(c1)N(c1ccc(C(C)(C)c4ccccc4)cc1-c1ccccc1-c1ccccc1)c1cc(C(C)(C)c4ccccc4)ccc1B3c1cc3c(cc1N2c1ccc2c(c1)C(C)(C)CCC2(C)C)C(C)(C)CCC3(C)C. The highest BCUT2D eigenvalue weighted by Crippen LogP contribution is 2.54. The van der Waals surface area contributed by atoms with Crippen molar-refractivity contribution in [2.75, 3.05) is 9.80 Å². The quantitative estimate of drug-likeness (QED) is 0.140. The summed E-state index contributed by atoms with van der Waals surface area (Å²) in [6.45, 7) is 31.7. The lowest BCUT2D eigenvalue weighted by molar-refractivity contribution is 0.332. The second-order valence-corrected chi connectivity index (χ2v) is 27.9. The molecule has 2 aliphatic heterocycles. The summed E-state index contributed by atoms with van der Waals surface area (Å²) in [6, 6.07) is 75.3. The van der Waals surface area contributed by atoms with E-state index < -0.39 is 0 Å². The van der Waals surface area contributed by atoms with Crippen molar-refractivity contribution in [1.29, 1.82) is 0 Å². The van der Waals surface area contributed by atoms with Gasteiger partial charge in [-0.2, -0.15) is 0 Å². The minimum absolute atomic E-state index is 0.0198. The van der Waals surface area contributed by atoms with E-state index in [-0.39, 0.29) is 39.2 Å². The zero-order chi connectivity index (χ0) is 55.9. The Bertz CT molecular complexity index is 3910. The number of anilines is 6. The molecule has 13 rings (SSSR count). The number of hydrogen-bond donors (Lipinski definition) is 0. The lowest BCUT2D eigenvalue weighted by Gasteiger charge is -2.48. The molecule has 0 spiro atoms. The molecular formula is C77H79BN2. The van der Waals surface area contributed by atoms with Gasteiger partial charge >= 0.3 is 0 Å². The van der Waals surface area contributed by atoms with Crippen LogP contribution >= 0.6 is 0 Å². The van der Waals surface area contributed by atoms with Gasteiger partial charge in [0.25, 0.3) is 6.71 Å². The number of rotatable bonds is 8.